The van der Waals surface area contributed by atoms with E-state index in [1.165, 1.54) is 5.56 Å². The van der Waals surface area contributed by atoms with Gasteiger partial charge >= 0.3 is 0 Å². The van der Waals surface area contributed by atoms with Gasteiger partial charge in [-0.25, -0.2) is 0 Å². The second-order valence-corrected chi connectivity index (χ2v) is 5.85. The van der Waals surface area contributed by atoms with Crippen LogP contribution in [0.4, 0.5) is 5.69 Å². The fourth-order valence-electron chi connectivity index (χ4n) is 4.26. The first-order chi connectivity index (χ1) is 9.24. The molecule has 3 aliphatic rings. The predicted molar refractivity (Wildman–Crippen MR) is 72.7 cm³/mol. The summed E-state index contributed by atoms with van der Waals surface area (Å²) < 4.78 is 5.30. The van der Waals surface area contributed by atoms with Gasteiger partial charge in [0, 0.05) is 42.1 Å². The smallest absolute Gasteiger partial charge is 0.136 e. The summed E-state index contributed by atoms with van der Waals surface area (Å²) in [6, 6.07) is 6.81. The van der Waals surface area contributed by atoms with Crippen molar-refractivity contribution < 1.29 is 9.53 Å². The zero-order chi connectivity index (χ0) is 13.0. The van der Waals surface area contributed by atoms with Gasteiger partial charge in [0.25, 0.3) is 0 Å². The topological polar surface area (TPSA) is 50.4 Å². The van der Waals surface area contributed by atoms with Crippen LogP contribution < -0.4 is 15.4 Å². The van der Waals surface area contributed by atoms with Crippen molar-refractivity contribution in [1.82, 2.24) is 5.32 Å². The summed E-state index contributed by atoms with van der Waals surface area (Å²) >= 11 is 0. The van der Waals surface area contributed by atoms with Crippen LogP contribution in [0.25, 0.3) is 0 Å². The van der Waals surface area contributed by atoms with Crippen molar-refractivity contribution in [2.75, 3.05) is 19.0 Å². The Labute approximate surface area is 112 Å². The van der Waals surface area contributed by atoms with Crippen molar-refractivity contribution >= 4 is 11.5 Å². The van der Waals surface area contributed by atoms with E-state index in [2.05, 4.69) is 22.8 Å². The van der Waals surface area contributed by atoms with Gasteiger partial charge in [-0.2, -0.15) is 0 Å². The van der Waals surface area contributed by atoms with Crippen LogP contribution in [0.5, 0.6) is 5.75 Å². The quantitative estimate of drug-likeness (QED) is 0.800. The van der Waals surface area contributed by atoms with E-state index in [0.717, 1.165) is 24.4 Å². The van der Waals surface area contributed by atoms with Crippen molar-refractivity contribution in [3.8, 4) is 5.75 Å². The van der Waals surface area contributed by atoms with Crippen LogP contribution in [0.1, 0.15) is 24.8 Å². The average molecular weight is 258 g/mol. The zero-order valence-corrected chi connectivity index (χ0v) is 11.0. The highest BCUT2D eigenvalue weighted by molar-refractivity contribution is 5.84. The number of carbonyl (C=O) groups is 1. The van der Waals surface area contributed by atoms with Crippen LogP contribution in [-0.2, 0) is 10.2 Å². The molecule has 1 aromatic rings. The Morgan fingerprint density at radius 1 is 1.32 bits per heavy atom. The van der Waals surface area contributed by atoms with Crippen molar-refractivity contribution in [1.29, 1.82) is 0 Å². The number of fused-ring (bicyclic) bond motifs is 1. The number of rotatable bonds is 1. The Kier molecular flexibility index (Phi) is 2.22. The van der Waals surface area contributed by atoms with Crippen LogP contribution in [0.3, 0.4) is 0 Å². The molecular weight excluding hydrogens is 240 g/mol. The summed E-state index contributed by atoms with van der Waals surface area (Å²) in [6.45, 7) is 1.00. The molecule has 2 N–H and O–H groups in total. The van der Waals surface area contributed by atoms with E-state index in [1.54, 1.807) is 7.11 Å². The van der Waals surface area contributed by atoms with Crippen LogP contribution in [0.15, 0.2) is 18.2 Å². The molecule has 0 aromatic heterocycles. The third-order valence-corrected chi connectivity index (χ3v) is 5.09. The van der Waals surface area contributed by atoms with Gasteiger partial charge in [-0.3, -0.25) is 4.79 Å². The molecule has 2 fully saturated rings. The molecule has 1 spiro atoms. The van der Waals surface area contributed by atoms with Gasteiger partial charge in [-0.05, 0) is 24.6 Å². The summed E-state index contributed by atoms with van der Waals surface area (Å²) in [5.74, 6) is 1.24. The largest absolute Gasteiger partial charge is 0.497 e. The molecule has 0 amide bonds. The summed E-state index contributed by atoms with van der Waals surface area (Å²) in [6.07, 6.45) is 2.43. The minimum absolute atomic E-state index is 0.107. The molecule has 2 heterocycles. The SMILES string of the molecule is COc1ccc2c(c1)N[C@H]1CC(=O)C[C@@H]3NCC[C@@]231. The first-order valence-corrected chi connectivity index (χ1v) is 6.94. The van der Waals surface area contributed by atoms with E-state index in [-0.39, 0.29) is 11.5 Å². The Balaban J connectivity index is 1.85. The lowest BCUT2D eigenvalue weighted by Crippen LogP contribution is -2.53. The normalized spacial score (nSPS) is 35.3. The number of Topliss-reactive ketones (excluding diaryl/α,β-unsaturated/α-hetero) is 1. The maximum atomic E-state index is 11.9. The Hall–Kier alpha value is -1.55. The number of hydrogen-bond donors (Lipinski definition) is 2. The van der Waals surface area contributed by atoms with Crippen LogP contribution in [-0.4, -0.2) is 31.5 Å². The number of methoxy groups -OCH3 is 1. The van der Waals surface area contributed by atoms with Crippen LogP contribution >= 0.6 is 0 Å². The highest BCUT2D eigenvalue weighted by atomic mass is 16.5. The van der Waals surface area contributed by atoms with E-state index in [0.29, 0.717) is 24.7 Å². The first kappa shape index (κ1) is 11.3. The number of anilines is 1. The van der Waals surface area contributed by atoms with Gasteiger partial charge in [0.2, 0.25) is 0 Å². The molecule has 3 atom stereocenters. The highest BCUT2D eigenvalue weighted by Crippen LogP contribution is 2.52. The lowest BCUT2D eigenvalue weighted by molar-refractivity contribution is -0.122. The molecule has 1 saturated carbocycles. The molecule has 1 aromatic carbocycles. The highest BCUT2D eigenvalue weighted by Gasteiger charge is 2.57. The number of benzene rings is 1. The Bertz CT molecular complexity index is 557. The molecular formula is C15H18N2O2. The molecule has 0 bridgehead atoms. The Morgan fingerprint density at radius 2 is 2.16 bits per heavy atom. The van der Waals surface area contributed by atoms with E-state index in [4.69, 9.17) is 4.74 Å². The fourth-order valence-corrected chi connectivity index (χ4v) is 4.26. The summed E-state index contributed by atoms with van der Waals surface area (Å²) in [7, 11) is 1.69. The molecule has 4 rings (SSSR count). The second-order valence-electron chi connectivity index (χ2n) is 5.85. The van der Waals surface area contributed by atoms with Crippen molar-refractivity contribution in [2.45, 2.75) is 36.8 Å². The lowest BCUT2D eigenvalue weighted by atomic mass is 9.65. The van der Waals surface area contributed by atoms with Crippen LogP contribution in [0.2, 0.25) is 0 Å². The van der Waals surface area contributed by atoms with Gasteiger partial charge in [0.15, 0.2) is 0 Å². The van der Waals surface area contributed by atoms with Gasteiger partial charge in [0.05, 0.1) is 7.11 Å². The molecule has 1 aliphatic carbocycles. The molecule has 0 radical (unpaired) electrons. The van der Waals surface area contributed by atoms with Crippen molar-refractivity contribution in [2.24, 2.45) is 0 Å². The van der Waals surface area contributed by atoms with Gasteiger partial charge < -0.3 is 15.4 Å². The minimum atomic E-state index is 0.107. The van der Waals surface area contributed by atoms with Crippen molar-refractivity contribution in [3.63, 3.8) is 0 Å². The minimum Gasteiger partial charge on any atom is -0.497 e. The second kappa shape index (κ2) is 3.73. The summed E-state index contributed by atoms with van der Waals surface area (Å²) in [5.41, 5.74) is 2.61. The average Bonchev–Trinajstić information content (AvgIpc) is 2.95. The molecule has 0 unspecified atom stereocenters. The fraction of sp³-hybridized carbons (Fsp3) is 0.533. The van der Waals surface area contributed by atoms with Gasteiger partial charge in [-0.15, -0.1) is 0 Å². The number of carbonyl (C=O) groups excluding carboxylic acids is 1. The maximum Gasteiger partial charge on any atom is 0.136 e. The van der Waals surface area contributed by atoms with Crippen molar-refractivity contribution in [3.05, 3.63) is 23.8 Å². The molecule has 100 valence electrons. The van der Waals surface area contributed by atoms with Gasteiger partial charge in [-0.1, -0.05) is 6.07 Å². The summed E-state index contributed by atoms with van der Waals surface area (Å²) in [5, 5.41) is 7.09. The summed E-state index contributed by atoms with van der Waals surface area (Å²) in [4.78, 5) is 11.9. The van der Waals surface area contributed by atoms with E-state index in [9.17, 15) is 4.79 Å². The molecule has 4 nitrogen and oxygen atoms in total. The maximum absolute atomic E-state index is 11.9. The molecule has 1 saturated heterocycles. The zero-order valence-electron chi connectivity index (χ0n) is 11.0. The van der Waals surface area contributed by atoms with E-state index in [1.807, 2.05) is 6.07 Å². The van der Waals surface area contributed by atoms with Crippen LogP contribution in [0, 0.1) is 0 Å². The van der Waals surface area contributed by atoms with Gasteiger partial charge in [0.1, 0.15) is 11.5 Å². The Morgan fingerprint density at radius 3 is 3.00 bits per heavy atom. The molecule has 19 heavy (non-hydrogen) atoms. The van der Waals surface area contributed by atoms with E-state index >= 15 is 0 Å². The third kappa shape index (κ3) is 1.35. The number of ketones is 1. The predicted octanol–water partition coefficient (Wildman–Crippen LogP) is 1.45. The lowest BCUT2D eigenvalue weighted by Gasteiger charge is -2.40. The standard InChI is InChI=1S/C15H18N2O2/c1-19-10-2-3-11-12(8-10)17-14-7-9(18)6-13-15(11,14)4-5-16-13/h2-3,8,13-14,16-17H,4-7H2,1H3/t13-,14-,15+/m0/s1. The number of ether oxygens (including phenoxy) is 1. The number of hydrogen-bond acceptors (Lipinski definition) is 4. The number of nitrogens with one attached hydrogen (secondary N) is 2. The van der Waals surface area contributed by atoms with E-state index < -0.39 is 0 Å². The first-order valence-electron chi connectivity index (χ1n) is 6.94. The monoisotopic (exact) mass is 258 g/mol. The third-order valence-electron chi connectivity index (χ3n) is 5.09. The molecule has 4 heteroatoms. The molecule has 2 aliphatic heterocycles.